The van der Waals surface area contributed by atoms with E-state index in [2.05, 4.69) is 19.2 Å². The molecule has 0 rings (SSSR count). The van der Waals surface area contributed by atoms with E-state index in [0.29, 0.717) is 25.9 Å². The highest BCUT2D eigenvalue weighted by molar-refractivity contribution is 5.76. The second-order valence-electron chi connectivity index (χ2n) is 29.9. The van der Waals surface area contributed by atoms with Gasteiger partial charge >= 0.3 is 5.97 Å². The third-order valence-corrected chi connectivity index (χ3v) is 20.7. The van der Waals surface area contributed by atoms with Gasteiger partial charge in [-0.25, -0.2) is 0 Å². The smallest absolute Gasteiger partial charge is 0.305 e. The van der Waals surface area contributed by atoms with E-state index in [4.69, 9.17) is 4.74 Å². The molecule has 0 heterocycles. The van der Waals surface area contributed by atoms with Gasteiger partial charge in [0, 0.05) is 12.8 Å². The lowest BCUT2D eigenvalue weighted by Gasteiger charge is -2.22. The van der Waals surface area contributed by atoms with E-state index in [-0.39, 0.29) is 18.5 Å². The number of esters is 1. The minimum absolute atomic E-state index is 0.0221. The van der Waals surface area contributed by atoms with Gasteiger partial charge in [0.05, 0.1) is 25.4 Å². The predicted octanol–water partition coefficient (Wildman–Crippen LogP) is 28.4. The first-order valence-corrected chi connectivity index (χ1v) is 42.8. The lowest BCUT2D eigenvalue weighted by atomic mass is 10.0. The summed E-state index contributed by atoms with van der Waals surface area (Å²) in [5.41, 5.74) is 0. The number of ether oxygens (including phenoxy) is 1. The molecule has 0 aromatic carbocycles. The van der Waals surface area contributed by atoms with E-state index < -0.39 is 12.1 Å². The van der Waals surface area contributed by atoms with Crippen molar-refractivity contribution in [2.45, 2.75) is 520 Å². The highest BCUT2D eigenvalue weighted by Gasteiger charge is 2.20. The molecule has 0 fully saturated rings. The van der Waals surface area contributed by atoms with Crippen molar-refractivity contribution in [1.82, 2.24) is 5.32 Å². The quantitative estimate of drug-likeness (QED) is 0.0417. The standard InChI is InChI=1S/C85H169NO5/c1-3-5-7-9-11-13-15-17-18-19-20-21-22-36-39-42-45-48-51-54-57-61-65-69-73-77-83(88)82(81-87)86-84(89)78-74-70-66-62-58-55-52-49-46-43-40-37-34-32-30-28-26-24-23-25-27-29-31-33-35-38-41-44-47-50-53-56-60-64-68-72-76-80-91-85(90)79-75-71-67-63-59-16-14-12-10-8-6-4-2/h82-83,87-88H,3-81H2,1-2H3,(H,86,89). The maximum Gasteiger partial charge on any atom is 0.305 e. The van der Waals surface area contributed by atoms with Crippen molar-refractivity contribution < 1.29 is 24.5 Å². The monoisotopic (exact) mass is 1280 g/mol. The van der Waals surface area contributed by atoms with Gasteiger partial charge in [-0.3, -0.25) is 9.59 Å². The Balaban J connectivity index is 3.30. The van der Waals surface area contributed by atoms with E-state index in [1.54, 1.807) is 0 Å². The van der Waals surface area contributed by atoms with Crippen LogP contribution in [0.25, 0.3) is 0 Å². The zero-order valence-electron chi connectivity index (χ0n) is 62.6. The summed E-state index contributed by atoms with van der Waals surface area (Å²) >= 11 is 0. The molecule has 0 aliphatic heterocycles. The van der Waals surface area contributed by atoms with Crippen LogP contribution in [-0.4, -0.2) is 47.4 Å². The number of aliphatic hydroxyl groups is 2. The first-order valence-electron chi connectivity index (χ1n) is 42.8. The number of hydrogen-bond acceptors (Lipinski definition) is 5. The van der Waals surface area contributed by atoms with E-state index in [0.717, 1.165) is 38.5 Å². The van der Waals surface area contributed by atoms with Crippen molar-refractivity contribution in [3.63, 3.8) is 0 Å². The lowest BCUT2D eigenvalue weighted by molar-refractivity contribution is -0.143. The molecular formula is C85H169NO5. The van der Waals surface area contributed by atoms with E-state index in [1.165, 1.54) is 437 Å². The lowest BCUT2D eigenvalue weighted by Crippen LogP contribution is -2.45. The summed E-state index contributed by atoms with van der Waals surface area (Å²) in [7, 11) is 0. The molecular weight excluding hydrogens is 1110 g/mol. The van der Waals surface area contributed by atoms with Crippen molar-refractivity contribution in [3.8, 4) is 0 Å². The van der Waals surface area contributed by atoms with Crippen LogP contribution < -0.4 is 5.32 Å². The SMILES string of the molecule is CCCCCCCCCCCCCCCCCCCCCCCCCCCC(O)C(CO)NC(=O)CCCCCCCCCCCCCCCCCCCCCCCCCCCCCCCCCCCCCCCOC(=O)CCCCCCCCCCCCCC. The van der Waals surface area contributed by atoms with Gasteiger partial charge in [0.25, 0.3) is 0 Å². The average molecular weight is 1290 g/mol. The molecule has 1 amide bonds. The Hall–Kier alpha value is -1.14. The van der Waals surface area contributed by atoms with E-state index in [1.807, 2.05) is 0 Å². The topological polar surface area (TPSA) is 95.9 Å². The minimum atomic E-state index is -0.661. The third kappa shape index (κ3) is 77.7. The van der Waals surface area contributed by atoms with Crippen molar-refractivity contribution in [2.75, 3.05) is 13.2 Å². The molecule has 544 valence electrons. The number of aliphatic hydroxyl groups excluding tert-OH is 2. The molecule has 0 aromatic rings. The Kier molecular flexibility index (Phi) is 80.3. The summed E-state index contributed by atoms with van der Waals surface area (Å²) in [6.07, 6.45) is 102. The zero-order valence-corrected chi connectivity index (χ0v) is 62.6. The molecule has 91 heavy (non-hydrogen) atoms. The molecule has 0 saturated carbocycles. The third-order valence-electron chi connectivity index (χ3n) is 20.7. The number of carbonyl (C=O) groups excluding carboxylic acids is 2. The van der Waals surface area contributed by atoms with Gasteiger partial charge in [0.1, 0.15) is 0 Å². The number of hydrogen-bond donors (Lipinski definition) is 3. The molecule has 0 aliphatic rings. The van der Waals surface area contributed by atoms with Crippen molar-refractivity contribution in [1.29, 1.82) is 0 Å². The van der Waals surface area contributed by atoms with Crippen LogP contribution in [0.4, 0.5) is 0 Å². The van der Waals surface area contributed by atoms with Crippen LogP contribution in [-0.2, 0) is 14.3 Å². The van der Waals surface area contributed by atoms with Crippen LogP contribution in [0.2, 0.25) is 0 Å². The minimum Gasteiger partial charge on any atom is -0.466 e. The number of nitrogens with one attached hydrogen (secondary N) is 1. The molecule has 0 aromatic heterocycles. The Morgan fingerprint density at radius 3 is 0.670 bits per heavy atom. The van der Waals surface area contributed by atoms with Crippen molar-refractivity contribution in [3.05, 3.63) is 0 Å². The van der Waals surface area contributed by atoms with E-state index >= 15 is 0 Å². The van der Waals surface area contributed by atoms with Gasteiger partial charge in [-0.15, -0.1) is 0 Å². The molecule has 2 atom stereocenters. The number of carbonyl (C=O) groups is 2. The molecule has 6 nitrogen and oxygen atoms in total. The molecule has 3 N–H and O–H groups in total. The van der Waals surface area contributed by atoms with Crippen LogP contribution in [0, 0.1) is 0 Å². The molecule has 6 heteroatoms. The molecule has 0 bridgehead atoms. The molecule has 0 radical (unpaired) electrons. The van der Waals surface area contributed by atoms with Crippen LogP contribution >= 0.6 is 0 Å². The molecule has 0 spiro atoms. The largest absolute Gasteiger partial charge is 0.466 e. The Morgan fingerprint density at radius 1 is 0.264 bits per heavy atom. The molecule has 2 unspecified atom stereocenters. The first kappa shape index (κ1) is 89.9. The van der Waals surface area contributed by atoms with E-state index in [9.17, 15) is 19.8 Å². The van der Waals surface area contributed by atoms with Gasteiger partial charge in [-0.1, -0.05) is 470 Å². The number of amides is 1. The van der Waals surface area contributed by atoms with Crippen LogP contribution in [0.15, 0.2) is 0 Å². The maximum atomic E-state index is 12.6. The van der Waals surface area contributed by atoms with Gasteiger partial charge in [0.15, 0.2) is 0 Å². The summed E-state index contributed by atoms with van der Waals surface area (Å²) < 4.78 is 5.49. The first-order chi connectivity index (χ1) is 45.0. The number of rotatable bonds is 82. The van der Waals surface area contributed by atoms with Gasteiger partial charge < -0.3 is 20.3 Å². The second-order valence-corrected chi connectivity index (χ2v) is 29.9. The summed E-state index contributed by atoms with van der Waals surface area (Å²) in [6, 6.07) is -0.538. The Labute approximate surface area is 572 Å². The fourth-order valence-electron chi connectivity index (χ4n) is 14.2. The summed E-state index contributed by atoms with van der Waals surface area (Å²) in [4.78, 5) is 24.6. The Bertz CT molecular complexity index is 1340. The fourth-order valence-corrected chi connectivity index (χ4v) is 14.2. The summed E-state index contributed by atoms with van der Waals surface area (Å²) in [5.74, 6) is 0.00349. The molecule has 0 saturated heterocycles. The summed E-state index contributed by atoms with van der Waals surface area (Å²) in [5, 5.41) is 23.5. The van der Waals surface area contributed by atoms with Gasteiger partial charge in [-0.2, -0.15) is 0 Å². The van der Waals surface area contributed by atoms with Gasteiger partial charge in [0.2, 0.25) is 5.91 Å². The predicted molar refractivity (Wildman–Crippen MR) is 403 cm³/mol. The molecule has 0 aliphatic carbocycles. The maximum absolute atomic E-state index is 12.6. The number of unbranched alkanes of at least 4 members (excludes halogenated alkanes) is 71. The van der Waals surface area contributed by atoms with Gasteiger partial charge in [-0.05, 0) is 25.7 Å². The highest BCUT2D eigenvalue weighted by Crippen LogP contribution is 2.21. The average Bonchev–Trinajstić information content (AvgIpc) is 3.76. The highest BCUT2D eigenvalue weighted by atomic mass is 16.5. The Morgan fingerprint density at radius 2 is 0.451 bits per heavy atom. The van der Waals surface area contributed by atoms with Crippen LogP contribution in [0.3, 0.4) is 0 Å². The van der Waals surface area contributed by atoms with Crippen LogP contribution in [0.1, 0.15) is 508 Å². The second kappa shape index (κ2) is 81.3. The normalized spacial score (nSPS) is 12.4. The van der Waals surface area contributed by atoms with Crippen LogP contribution in [0.5, 0.6) is 0 Å². The fraction of sp³-hybridized carbons (Fsp3) is 0.976. The zero-order chi connectivity index (χ0) is 65.6. The van der Waals surface area contributed by atoms with Crippen molar-refractivity contribution in [2.24, 2.45) is 0 Å². The summed E-state index contributed by atoms with van der Waals surface area (Å²) in [6.45, 7) is 5.02. The van der Waals surface area contributed by atoms with Crippen molar-refractivity contribution >= 4 is 11.9 Å².